The number of unbranched alkanes of at least 4 members (excludes halogenated alkanes) is 5. The monoisotopic (exact) mass is 316 g/mol. The fraction of sp³-hybridized carbons (Fsp3) is 1.00. The summed E-state index contributed by atoms with van der Waals surface area (Å²) < 4.78 is 11.3. The lowest BCUT2D eigenvalue weighted by molar-refractivity contribution is -0.230. The molecule has 0 spiro atoms. The van der Waals surface area contributed by atoms with Gasteiger partial charge in [0.15, 0.2) is 5.79 Å². The predicted octanol–water partition coefficient (Wildman–Crippen LogP) is 3.69. The van der Waals surface area contributed by atoms with E-state index < -0.39 is 5.79 Å². The van der Waals surface area contributed by atoms with Crippen molar-refractivity contribution in [3.63, 3.8) is 0 Å². The van der Waals surface area contributed by atoms with Gasteiger partial charge in [-0.2, -0.15) is 0 Å². The molecule has 4 nitrogen and oxygen atoms in total. The number of nitrogens with two attached hydrogens (primary N) is 1. The molecule has 4 heteroatoms. The van der Waals surface area contributed by atoms with Gasteiger partial charge in [0.05, 0.1) is 0 Å². The fourth-order valence-corrected chi connectivity index (χ4v) is 2.96. The van der Waals surface area contributed by atoms with Crippen molar-refractivity contribution < 1.29 is 9.47 Å². The molecule has 0 saturated heterocycles. The van der Waals surface area contributed by atoms with Crippen LogP contribution in [-0.2, 0) is 9.47 Å². The molecule has 0 aliphatic carbocycles. The highest BCUT2D eigenvalue weighted by molar-refractivity contribution is 4.75. The van der Waals surface area contributed by atoms with Crippen molar-refractivity contribution in [1.82, 2.24) is 5.32 Å². The molecular weight excluding hydrogens is 276 g/mol. The van der Waals surface area contributed by atoms with Gasteiger partial charge in [0, 0.05) is 33.2 Å². The van der Waals surface area contributed by atoms with Gasteiger partial charge in [-0.1, -0.05) is 45.4 Å². The Bertz CT molecular complexity index is 233. The van der Waals surface area contributed by atoms with Gasteiger partial charge in [0.25, 0.3) is 0 Å². The van der Waals surface area contributed by atoms with E-state index in [0.717, 1.165) is 25.9 Å². The Balaban J connectivity index is 4.11. The van der Waals surface area contributed by atoms with E-state index >= 15 is 0 Å². The first kappa shape index (κ1) is 21.8. The molecule has 0 amide bonds. The largest absolute Gasteiger partial charge is 0.353 e. The molecule has 0 radical (unpaired) electrons. The number of hydrogen-bond acceptors (Lipinski definition) is 4. The molecule has 0 fully saturated rings. The van der Waals surface area contributed by atoms with Crippen molar-refractivity contribution >= 4 is 0 Å². The summed E-state index contributed by atoms with van der Waals surface area (Å²) in [5.41, 5.74) is 5.50. The molecule has 0 aromatic carbocycles. The highest BCUT2D eigenvalue weighted by atomic mass is 16.7. The first-order chi connectivity index (χ1) is 10.6. The van der Waals surface area contributed by atoms with E-state index in [-0.39, 0.29) is 0 Å². The fourth-order valence-electron chi connectivity index (χ4n) is 2.96. The highest BCUT2D eigenvalue weighted by Gasteiger charge is 2.33. The maximum atomic E-state index is 5.66. The average molecular weight is 317 g/mol. The molecule has 0 saturated carbocycles. The molecule has 0 aliphatic heterocycles. The Morgan fingerprint density at radius 1 is 0.909 bits per heavy atom. The van der Waals surface area contributed by atoms with Gasteiger partial charge in [0.2, 0.25) is 0 Å². The lowest BCUT2D eigenvalue weighted by atomic mass is 9.88. The summed E-state index contributed by atoms with van der Waals surface area (Å²) in [5, 5.41) is 3.36. The number of rotatable bonds is 16. The molecular formula is C18H40N2O2. The van der Waals surface area contributed by atoms with Crippen LogP contribution in [0.4, 0.5) is 0 Å². The second-order valence-electron chi connectivity index (χ2n) is 6.36. The topological polar surface area (TPSA) is 56.5 Å². The Morgan fingerprint density at radius 3 is 2.09 bits per heavy atom. The zero-order valence-corrected chi connectivity index (χ0v) is 15.5. The van der Waals surface area contributed by atoms with E-state index in [1.165, 1.54) is 44.9 Å². The minimum absolute atomic E-state index is 0.452. The van der Waals surface area contributed by atoms with Gasteiger partial charge in [0.1, 0.15) is 0 Å². The van der Waals surface area contributed by atoms with Crippen molar-refractivity contribution in [3.8, 4) is 0 Å². The van der Waals surface area contributed by atoms with Gasteiger partial charge >= 0.3 is 0 Å². The Kier molecular flexibility index (Phi) is 14.3. The summed E-state index contributed by atoms with van der Waals surface area (Å²) in [6.45, 7) is 6.95. The smallest absolute Gasteiger partial charge is 0.167 e. The van der Waals surface area contributed by atoms with Crippen molar-refractivity contribution in [2.75, 3.05) is 33.9 Å². The molecule has 0 rings (SSSR count). The number of hydrogen-bond donors (Lipinski definition) is 2. The summed E-state index contributed by atoms with van der Waals surface area (Å²) in [6.07, 6.45) is 11.5. The van der Waals surface area contributed by atoms with Crippen LogP contribution in [-0.4, -0.2) is 39.6 Å². The molecule has 22 heavy (non-hydrogen) atoms. The maximum Gasteiger partial charge on any atom is 0.167 e. The summed E-state index contributed by atoms with van der Waals surface area (Å²) in [6, 6.07) is 0. The Labute approximate surface area is 138 Å². The van der Waals surface area contributed by atoms with E-state index in [2.05, 4.69) is 19.2 Å². The van der Waals surface area contributed by atoms with Gasteiger partial charge < -0.3 is 20.5 Å². The quantitative estimate of drug-likeness (QED) is 0.337. The minimum Gasteiger partial charge on any atom is -0.353 e. The molecule has 3 N–H and O–H groups in total. The van der Waals surface area contributed by atoms with Crippen molar-refractivity contribution in [3.05, 3.63) is 0 Å². The SMILES string of the molecule is CCCCCCCCC(CCCNCCN)C(C)(OC)OC. The van der Waals surface area contributed by atoms with Crippen molar-refractivity contribution in [2.24, 2.45) is 11.7 Å². The summed E-state index contributed by atoms with van der Waals surface area (Å²) in [7, 11) is 3.51. The molecule has 0 aromatic heterocycles. The molecule has 0 aromatic rings. The van der Waals surface area contributed by atoms with E-state index in [4.69, 9.17) is 15.2 Å². The average Bonchev–Trinajstić information content (AvgIpc) is 2.55. The molecule has 0 aliphatic rings. The van der Waals surface area contributed by atoms with Crippen LogP contribution in [0.15, 0.2) is 0 Å². The molecule has 134 valence electrons. The maximum absolute atomic E-state index is 5.66. The molecule has 0 bridgehead atoms. The van der Waals surface area contributed by atoms with E-state index in [9.17, 15) is 0 Å². The third-order valence-electron chi connectivity index (χ3n) is 4.69. The first-order valence-electron chi connectivity index (χ1n) is 9.15. The van der Waals surface area contributed by atoms with Crippen LogP contribution in [0.5, 0.6) is 0 Å². The van der Waals surface area contributed by atoms with Gasteiger partial charge in [-0.05, 0) is 32.7 Å². The molecule has 1 unspecified atom stereocenters. The number of ether oxygens (including phenoxy) is 2. The van der Waals surface area contributed by atoms with E-state index in [1.54, 1.807) is 14.2 Å². The van der Waals surface area contributed by atoms with Crippen LogP contribution in [0.25, 0.3) is 0 Å². The zero-order chi connectivity index (χ0) is 16.7. The standard InChI is InChI=1S/C18H40N2O2/c1-5-6-7-8-9-10-12-17(18(2,21-3)22-4)13-11-15-20-16-14-19/h17,20H,5-16,19H2,1-4H3. The Morgan fingerprint density at radius 2 is 1.50 bits per heavy atom. The van der Waals surface area contributed by atoms with Crippen molar-refractivity contribution in [1.29, 1.82) is 0 Å². The van der Waals surface area contributed by atoms with Gasteiger partial charge in [-0.15, -0.1) is 0 Å². The lowest BCUT2D eigenvalue weighted by Crippen LogP contribution is -2.39. The summed E-state index contributed by atoms with van der Waals surface area (Å²) in [4.78, 5) is 0. The highest BCUT2D eigenvalue weighted by Crippen LogP contribution is 2.31. The van der Waals surface area contributed by atoms with E-state index in [1.807, 2.05) is 0 Å². The summed E-state index contributed by atoms with van der Waals surface area (Å²) >= 11 is 0. The molecule has 0 heterocycles. The first-order valence-corrected chi connectivity index (χ1v) is 9.15. The zero-order valence-electron chi connectivity index (χ0n) is 15.5. The van der Waals surface area contributed by atoms with Gasteiger partial charge in [-0.25, -0.2) is 0 Å². The summed E-state index contributed by atoms with van der Waals surface area (Å²) in [5.74, 6) is -0.00885. The Hall–Kier alpha value is -0.160. The third-order valence-corrected chi connectivity index (χ3v) is 4.69. The number of methoxy groups -OCH3 is 2. The van der Waals surface area contributed by atoms with Crippen LogP contribution in [0.1, 0.15) is 71.6 Å². The number of nitrogens with one attached hydrogen (secondary N) is 1. The van der Waals surface area contributed by atoms with Crippen LogP contribution < -0.4 is 11.1 Å². The second-order valence-corrected chi connectivity index (χ2v) is 6.36. The van der Waals surface area contributed by atoms with Crippen LogP contribution in [0.2, 0.25) is 0 Å². The second kappa shape index (κ2) is 14.4. The lowest BCUT2D eigenvalue weighted by Gasteiger charge is -2.35. The van der Waals surface area contributed by atoms with Gasteiger partial charge in [-0.3, -0.25) is 0 Å². The molecule has 1 atom stereocenters. The van der Waals surface area contributed by atoms with Crippen molar-refractivity contribution in [2.45, 2.75) is 77.4 Å². The predicted molar refractivity (Wildman–Crippen MR) is 95.1 cm³/mol. The van der Waals surface area contributed by atoms with E-state index in [0.29, 0.717) is 12.5 Å². The minimum atomic E-state index is -0.461. The van der Waals surface area contributed by atoms with Crippen LogP contribution >= 0.6 is 0 Å². The van der Waals surface area contributed by atoms with Crippen LogP contribution in [0.3, 0.4) is 0 Å². The van der Waals surface area contributed by atoms with Crippen LogP contribution in [0, 0.1) is 5.92 Å². The normalized spacial score (nSPS) is 13.5. The third kappa shape index (κ3) is 9.78.